The smallest absolute Gasteiger partial charge is 0.238 e. The van der Waals surface area contributed by atoms with Crippen LogP contribution in [0.15, 0.2) is 219 Å². The topological polar surface area (TPSA) is 43.6 Å². The summed E-state index contributed by atoms with van der Waals surface area (Å²) >= 11 is 0. The summed E-state index contributed by atoms with van der Waals surface area (Å²) in [6.07, 6.45) is 1.25. The molecule has 0 spiro atoms. The molecule has 67 heavy (non-hydrogen) atoms. The summed E-state index contributed by atoms with van der Waals surface area (Å²) < 4.78 is 2.32. The van der Waals surface area contributed by atoms with E-state index >= 15 is 0 Å². The summed E-state index contributed by atoms with van der Waals surface area (Å²) in [6.45, 7) is 15.0. The van der Waals surface area contributed by atoms with E-state index in [-0.39, 0.29) is 5.41 Å². The molecule has 11 aromatic rings. The van der Waals surface area contributed by atoms with Crippen molar-refractivity contribution in [1.29, 1.82) is 0 Å². The van der Waals surface area contributed by atoms with E-state index in [2.05, 4.69) is 240 Å². The van der Waals surface area contributed by atoms with Gasteiger partial charge < -0.3 is 0 Å². The lowest BCUT2D eigenvalue weighted by molar-refractivity contribution is 0.662. The van der Waals surface area contributed by atoms with Gasteiger partial charge in [-0.05, 0) is 55.5 Å². The molecule has 2 aromatic heterocycles. The summed E-state index contributed by atoms with van der Waals surface area (Å²) in [6, 6.07) is 73.6. The van der Waals surface area contributed by atoms with Gasteiger partial charge in [-0.2, -0.15) is 9.97 Å². The average molecular weight is 865 g/mol. The van der Waals surface area contributed by atoms with Gasteiger partial charge in [-0.25, -0.2) is 4.98 Å². The second-order valence-electron chi connectivity index (χ2n) is 17.5. The maximum atomic E-state index is 5.46. The number of aromatic nitrogens is 4. The summed E-state index contributed by atoms with van der Waals surface area (Å²) in [5.41, 5.74) is 16.0. The summed E-state index contributed by atoms with van der Waals surface area (Å²) in [4.78, 5) is 16.2. The molecule has 0 radical (unpaired) electrons. The van der Waals surface area contributed by atoms with Crippen LogP contribution in [-0.2, 0) is 5.41 Å². The molecule has 2 heterocycles. The fraction of sp³-hybridized carbons (Fsp3) is 0.0952. The quantitative estimate of drug-likeness (QED) is 0.156. The Kier molecular flexibility index (Phi) is 11.5. The molecular formula is C63H52N4. The summed E-state index contributed by atoms with van der Waals surface area (Å²) in [5, 5.41) is 4.60. The van der Waals surface area contributed by atoms with Crippen LogP contribution >= 0.6 is 0 Å². The Morgan fingerprint density at radius 1 is 0.388 bits per heavy atom. The predicted molar refractivity (Wildman–Crippen MR) is 284 cm³/mol. The van der Waals surface area contributed by atoms with E-state index in [1.54, 1.807) is 0 Å². The number of benzene rings is 9. The first-order valence-electron chi connectivity index (χ1n) is 23.2. The largest absolute Gasteiger partial charge is 0.277 e. The predicted octanol–water partition coefficient (Wildman–Crippen LogP) is 17.0. The minimum Gasteiger partial charge on any atom is -0.277 e. The lowest BCUT2D eigenvalue weighted by atomic mass is 9.78. The zero-order valence-corrected chi connectivity index (χ0v) is 38.5. The van der Waals surface area contributed by atoms with Crippen LogP contribution in [-0.4, -0.2) is 19.5 Å². The van der Waals surface area contributed by atoms with E-state index in [9.17, 15) is 0 Å². The molecule has 12 rings (SSSR count). The molecule has 0 bridgehead atoms. The van der Waals surface area contributed by atoms with Crippen molar-refractivity contribution in [2.75, 3.05) is 0 Å². The van der Waals surface area contributed by atoms with Crippen LogP contribution in [0, 0.1) is 0 Å². The number of hydrogen-bond acceptors (Lipinski definition) is 3. The van der Waals surface area contributed by atoms with Gasteiger partial charge in [-0.1, -0.05) is 240 Å². The molecule has 4 nitrogen and oxygen atoms in total. The summed E-state index contributed by atoms with van der Waals surface area (Å²) in [7, 11) is 0. The minimum absolute atomic E-state index is 0.209. The van der Waals surface area contributed by atoms with Gasteiger partial charge in [0.1, 0.15) is 0 Å². The van der Waals surface area contributed by atoms with Crippen LogP contribution in [0.3, 0.4) is 0 Å². The fourth-order valence-corrected chi connectivity index (χ4v) is 9.92. The highest BCUT2D eigenvalue weighted by molar-refractivity contribution is 6.21. The molecule has 0 fully saturated rings. The zero-order valence-electron chi connectivity index (χ0n) is 38.5. The Balaban J connectivity index is 0.00000101. The standard InChI is InChI=1S/C58H40N4.C3H8.C2H4/c1-58(2)51-26-12-11-21-45(51)46-22-13-23-47(52(46)58)48-24-14-25-49-50-36-35-41-19-9-10-20-44(41)53(50)62(54(48)49)57-60-55(42-31-27-39(28-32-42)37-15-5-3-6-16-37)59-56(61-57)43-33-29-40(30-34-43)38-17-7-4-8-18-38;1-3-2;1-2/h3-36H,1-2H3;3H2,1-2H3;1-2H2. The van der Waals surface area contributed by atoms with E-state index < -0.39 is 0 Å². The van der Waals surface area contributed by atoms with Gasteiger partial charge >= 0.3 is 0 Å². The van der Waals surface area contributed by atoms with E-state index in [0.717, 1.165) is 71.5 Å². The summed E-state index contributed by atoms with van der Waals surface area (Å²) in [5.74, 6) is 1.80. The van der Waals surface area contributed by atoms with E-state index in [0.29, 0.717) is 17.6 Å². The van der Waals surface area contributed by atoms with Crippen molar-refractivity contribution in [3.63, 3.8) is 0 Å². The Morgan fingerprint density at radius 3 is 1.43 bits per heavy atom. The van der Waals surface area contributed by atoms with Crippen molar-refractivity contribution >= 4 is 32.6 Å². The Labute approximate surface area is 393 Å². The number of nitrogens with zero attached hydrogens (tertiary/aromatic N) is 4. The van der Waals surface area contributed by atoms with Crippen LogP contribution in [0.4, 0.5) is 0 Å². The third kappa shape index (κ3) is 7.51. The van der Waals surface area contributed by atoms with Gasteiger partial charge in [0.2, 0.25) is 5.95 Å². The fourth-order valence-electron chi connectivity index (χ4n) is 9.92. The molecule has 9 aromatic carbocycles. The van der Waals surface area contributed by atoms with Gasteiger partial charge in [-0.3, -0.25) is 4.57 Å². The molecular weight excluding hydrogens is 813 g/mol. The second kappa shape index (κ2) is 18.0. The first-order chi connectivity index (χ1) is 32.9. The van der Waals surface area contributed by atoms with Crippen LogP contribution in [0.2, 0.25) is 0 Å². The molecule has 0 unspecified atom stereocenters. The molecule has 4 heteroatoms. The Morgan fingerprint density at radius 2 is 0.821 bits per heavy atom. The molecule has 324 valence electrons. The Bertz CT molecular complexity index is 3450. The number of para-hydroxylation sites is 1. The van der Waals surface area contributed by atoms with Gasteiger partial charge in [0.05, 0.1) is 11.0 Å². The van der Waals surface area contributed by atoms with Crippen LogP contribution in [0.1, 0.15) is 45.2 Å². The lowest BCUT2D eigenvalue weighted by Gasteiger charge is -2.25. The number of fused-ring (bicyclic) bond motifs is 8. The maximum absolute atomic E-state index is 5.46. The highest BCUT2D eigenvalue weighted by Gasteiger charge is 2.38. The van der Waals surface area contributed by atoms with E-state index in [1.807, 2.05) is 12.1 Å². The number of rotatable bonds is 6. The van der Waals surface area contributed by atoms with Gasteiger partial charge in [-0.15, -0.1) is 13.2 Å². The maximum Gasteiger partial charge on any atom is 0.238 e. The van der Waals surface area contributed by atoms with Crippen molar-refractivity contribution in [3.05, 3.63) is 231 Å². The van der Waals surface area contributed by atoms with Crippen LogP contribution in [0.25, 0.3) is 106 Å². The van der Waals surface area contributed by atoms with Gasteiger partial charge in [0.25, 0.3) is 0 Å². The zero-order chi connectivity index (χ0) is 46.1. The van der Waals surface area contributed by atoms with Gasteiger partial charge in [0.15, 0.2) is 11.6 Å². The first-order valence-corrected chi connectivity index (χ1v) is 23.2. The van der Waals surface area contributed by atoms with Crippen molar-refractivity contribution in [3.8, 4) is 73.2 Å². The molecule has 1 aliphatic carbocycles. The number of hydrogen-bond donors (Lipinski definition) is 0. The third-order valence-corrected chi connectivity index (χ3v) is 12.9. The highest BCUT2D eigenvalue weighted by Crippen LogP contribution is 2.53. The van der Waals surface area contributed by atoms with Gasteiger partial charge in [0, 0.05) is 38.3 Å². The molecule has 0 saturated carbocycles. The van der Waals surface area contributed by atoms with Crippen molar-refractivity contribution in [1.82, 2.24) is 19.5 Å². The van der Waals surface area contributed by atoms with E-state index in [4.69, 9.17) is 15.0 Å². The SMILES string of the molecule is C=C.CC1(C)c2ccccc2-c2cccc(-c3cccc4c5ccc6ccccc6c5n(-c5nc(-c6ccc(-c7ccccc7)cc6)nc(-c6ccc(-c7ccccc7)cc6)n5)c34)c21.CCC. The van der Waals surface area contributed by atoms with Crippen LogP contribution < -0.4 is 0 Å². The third-order valence-electron chi connectivity index (χ3n) is 12.9. The Hall–Kier alpha value is -8.21. The molecule has 1 aliphatic rings. The molecule has 0 saturated heterocycles. The molecule has 0 atom stereocenters. The van der Waals surface area contributed by atoms with Crippen molar-refractivity contribution < 1.29 is 0 Å². The van der Waals surface area contributed by atoms with Crippen LogP contribution in [0.5, 0.6) is 0 Å². The minimum atomic E-state index is -0.209. The molecule has 0 N–H and O–H groups in total. The normalized spacial score (nSPS) is 12.2. The van der Waals surface area contributed by atoms with Crippen molar-refractivity contribution in [2.45, 2.75) is 39.5 Å². The molecule has 0 aliphatic heterocycles. The lowest BCUT2D eigenvalue weighted by Crippen LogP contribution is -2.16. The highest BCUT2D eigenvalue weighted by atomic mass is 15.2. The molecule has 0 amide bonds. The van der Waals surface area contributed by atoms with E-state index in [1.165, 1.54) is 34.2 Å². The average Bonchev–Trinajstić information content (AvgIpc) is 3.87. The van der Waals surface area contributed by atoms with Crippen molar-refractivity contribution in [2.24, 2.45) is 0 Å². The monoisotopic (exact) mass is 864 g/mol. The first kappa shape index (κ1) is 42.7. The second-order valence-corrected chi connectivity index (χ2v) is 17.5.